The molecule has 1 aliphatic carbocycles. The molecule has 2 heteroatoms. The van der Waals surface area contributed by atoms with E-state index in [1.165, 1.54) is 23.1 Å². The van der Waals surface area contributed by atoms with E-state index in [1.54, 1.807) is 0 Å². The van der Waals surface area contributed by atoms with E-state index >= 15 is 0 Å². The van der Waals surface area contributed by atoms with Crippen LogP contribution in [0.2, 0.25) is 5.02 Å². The maximum Gasteiger partial charge on any atom is 0.0406 e. The predicted octanol–water partition coefficient (Wildman–Crippen LogP) is 3.77. The Kier molecular flexibility index (Phi) is 3.35. The number of hydrogen-bond acceptors (Lipinski definition) is 1. The van der Waals surface area contributed by atoms with Crippen LogP contribution in [-0.4, -0.2) is 6.54 Å². The summed E-state index contributed by atoms with van der Waals surface area (Å²) >= 11 is 5.86. The van der Waals surface area contributed by atoms with E-state index in [1.807, 2.05) is 12.1 Å². The summed E-state index contributed by atoms with van der Waals surface area (Å²) in [6.07, 6.45) is 1.21. The van der Waals surface area contributed by atoms with E-state index in [4.69, 9.17) is 11.6 Å². The Hall–Kier alpha value is -1.31. The fourth-order valence-corrected chi connectivity index (χ4v) is 2.66. The highest BCUT2D eigenvalue weighted by Gasteiger charge is 2.24. The number of hydrogen-bond donors (Lipinski definition) is 1. The third-order valence-corrected chi connectivity index (χ3v) is 3.85. The first-order chi connectivity index (χ1) is 8.83. The van der Waals surface area contributed by atoms with Gasteiger partial charge in [0.15, 0.2) is 0 Å². The van der Waals surface area contributed by atoms with Gasteiger partial charge in [-0.15, -0.1) is 0 Å². The summed E-state index contributed by atoms with van der Waals surface area (Å²) in [6.45, 7) is 1.97. The smallest absolute Gasteiger partial charge is 0.0406 e. The molecule has 1 aliphatic rings. The van der Waals surface area contributed by atoms with Crippen molar-refractivity contribution in [2.24, 2.45) is 0 Å². The molecule has 18 heavy (non-hydrogen) atoms. The second-order valence-electron chi connectivity index (χ2n) is 4.86. The van der Waals surface area contributed by atoms with Gasteiger partial charge >= 0.3 is 0 Å². The van der Waals surface area contributed by atoms with Crippen molar-refractivity contribution in [3.05, 3.63) is 70.2 Å². The van der Waals surface area contributed by atoms with Crippen LogP contribution in [0.4, 0.5) is 0 Å². The zero-order chi connectivity index (χ0) is 12.4. The van der Waals surface area contributed by atoms with Gasteiger partial charge in [0.25, 0.3) is 0 Å². The Labute approximate surface area is 113 Å². The van der Waals surface area contributed by atoms with Crippen molar-refractivity contribution in [2.75, 3.05) is 6.54 Å². The summed E-state index contributed by atoms with van der Waals surface area (Å²) in [5, 5.41) is 4.32. The van der Waals surface area contributed by atoms with Crippen LogP contribution < -0.4 is 5.32 Å². The molecule has 0 saturated heterocycles. The molecule has 0 amide bonds. The van der Waals surface area contributed by atoms with Gasteiger partial charge in [0, 0.05) is 24.0 Å². The summed E-state index contributed by atoms with van der Waals surface area (Å²) in [6, 6.07) is 16.8. The molecule has 0 radical (unpaired) electrons. The number of fused-ring (bicyclic) bond motifs is 1. The van der Waals surface area contributed by atoms with Crippen molar-refractivity contribution in [3.8, 4) is 0 Å². The van der Waals surface area contributed by atoms with Gasteiger partial charge in [0.2, 0.25) is 0 Å². The zero-order valence-corrected chi connectivity index (χ0v) is 11.0. The Morgan fingerprint density at radius 1 is 1.06 bits per heavy atom. The van der Waals surface area contributed by atoms with Gasteiger partial charge in [-0.1, -0.05) is 48.0 Å². The van der Waals surface area contributed by atoms with E-state index in [9.17, 15) is 0 Å². The first-order valence-electron chi connectivity index (χ1n) is 6.36. The molecule has 2 aromatic carbocycles. The normalized spacial score (nSPS) is 17.1. The molecule has 0 aliphatic heterocycles. The quantitative estimate of drug-likeness (QED) is 0.879. The van der Waals surface area contributed by atoms with E-state index in [0.717, 1.165) is 18.1 Å². The van der Waals surface area contributed by atoms with Gasteiger partial charge in [-0.3, -0.25) is 0 Å². The van der Waals surface area contributed by atoms with Crippen molar-refractivity contribution in [2.45, 2.75) is 18.9 Å². The summed E-state index contributed by atoms with van der Waals surface area (Å²) in [4.78, 5) is 0. The molecule has 0 saturated carbocycles. The largest absolute Gasteiger partial charge is 0.312 e. The highest BCUT2D eigenvalue weighted by Crippen LogP contribution is 2.33. The van der Waals surface area contributed by atoms with E-state index in [0.29, 0.717) is 5.92 Å². The predicted molar refractivity (Wildman–Crippen MR) is 76.0 cm³/mol. The number of benzene rings is 2. The Morgan fingerprint density at radius 3 is 2.61 bits per heavy atom. The van der Waals surface area contributed by atoms with Crippen molar-refractivity contribution >= 4 is 11.6 Å². The summed E-state index contributed by atoms with van der Waals surface area (Å²) in [5.74, 6) is 0.688. The lowest BCUT2D eigenvalue weighted by Gasteiger charge is -2.30. The molecule has 0 spiro atoms. The Morgan fingerprint density at radius 2 is 1.83 bits per heavy atom. The Bertz CT molecular complexity index is 533. The number of rotatable bonds is 4. The van der Waals surface area contributed by atoms with Crippen LogP contribution in [0.3, 0.4) is 0 Å². The maximum absolute atomic E-state index is 5.86. The van der Waals surface area contributed by atoms with E-state index in [2.05, 4.69) is 41.7 Å². The van der Waals surface area contributed by atoms with Crippen LogP contribution in [0.5, 0.6) is 0 Å². The van der Waals surface area contributed by atoms with Crippen LogP contribution in [0, 0.1) is 0 Å². The molecule has 2 aromatic rings. The molecular weight excluding hydrogens is 242 g/mol. The average Bonchev–Trinajstić information content (AvgIpc) is 2.37. The minimum atomic E-state index is 0.688. The van der Waals surface area contributed by atoms with Crippen molar-refractivity contribution in [1.29, 1.82) is 0 Å². The molecular formula is C16H16ClN. The third kappa shape index (κ3) is 2.43. The maximum atomic E-state index is 5.86. The first-order valence-corrected chi connectivity index (χ1v) is 6.74. The fraction of sp³-hybridized carbons (Fsp3) is 0.250. The SMILES string of the molecule is Clc1ccc(CNCC2Cc3ccccc32)cc1. The first kappa shape index (κ1) is 11.8. The van der Waals surface area contributed by atoms with Crippen molar-refractivity contribution in [3.63, 3.8) is 0 Å². The standard InChI is InChI=1S/C16H16ClN/c17-15-7-5-12(6-8-15)10-18-11-14-9-13-3-1-2-4-16(13)14/h1-8,14,18H,9-11H2. The van der Waals surface area contributed by atoms with Gasteiger partial charge in [0.1, 0.15) is 0 Å². The molecule has 0 aromatic heterocycles. The summed E-state index contributed by atoms with van der Waals surface area (Å²) < 4.78 is 0. The van der Waals surface area contributed by atoms with Gasteiger partial charge in [-0.05, 0) is 35.2 Å². The molecule has 1 nitrogen and oxygen atoms in total. The monoisotopic (exact) mass is 257 g/mol. The van der Waals surface area contributed by atoms with Gasteiger partial charge in [-0.25, -0.2) is 0 Å². The van der Waals surface area contributed by atoms with Crippen LogP contribution in [0.25, 0.3) is 0 Å². The fourth-order valence-electron chi connectivity index (χ4n) is 2.54. The van der Waals surface area contributed by atoms with Crippen LogP contribution in [-0.2, 0) is 13.0 Å². The topological polar surface area (TPSA) is 12.0 Å². The molecule has 0 heterocycles. The van der Waals surface area contributed by atoms with Crippen LogP contribution in [0.1, 0.15) is 22.6 Å². The molecule has 1 N–H and O–H groups in total. The minimum Gasteiger partial charge on any atom is -0.312 e. The zero-order valence-electron chi connectivity index (χ0n) is 10.2. The van der Waals surface area contributed by atoms with Gasteiger partial charge in [0.05, 0.1) is 0 Å². The van der Waals surface area contributed by atoms with Gasteiger partial charge in [-0.2, -0.15) is 0 Å². The van der Waals surface area contributed by atoms with Gasteiger partial charge < -0.3 is 5.32 Å². The number of halogens is 1. The highest BCUT2D eigenvalue weighted by atomic mass is 35.5. The van der Waals surface area contributed by atoms with Crippen LogP contribution in [0.15, 0.2) is 48.5 Å². The minimum absolute atomic E-state index is 0.688. The highest BCUT2D eigenvalue weighted by molar-refractivity contribution is 6.30. The van der Waals surface area contributed by atoms with Crippen molar-refractivity contribution in [1.82, 2.24) is 5.32 Å². The lowest BCUT2D eigenvalue weighted by molar-refractivity contribution is 0.536. The van der Waals surface area contributed by atoms with E-state index < -0.39 is 0 Å². The van der Waals surface area contributed by atoms with E-state index in [-0.39, 0.29) is 0 Å². The average molecular weight is 258 g/mol. The molecule has 0 fully saturated rings. The number of nitrogens with one attached hydrogen (secondary N) is 1. The summed E-state index contributed by atoms with van der Waals surface area (Å²) in [5.41, 5.74) is 4.31. The lowest BCUT2D eigenvalue weighted by Crippen LogP contribution is -2.28. The van der Waals surface area contributed by atoms with Crippen LogP contribution >= 0.6 is 11.6 Å². The Balaban J connectivity index is 1.51. The second-order valence-corrected chi connectivity index (χ2v) is 5.29. The van der Waals surface area contributed by atoms with Crippen molar-refractivity contribution < 1.29 is 0 Å². The second kappa shape index (κ2) is 5.13. The lowest BCUT2D eigenvalue weighted by atomic mass is 9.77. The molecule has 92 valence electrons. The molecule has 3 rings (SSSR count). The third-order valence-electron chi connectivity index (χ3n) is 3.59. The molecule has 1 atom stereocenters. The molecule has 1 unspecified atom stereocenters. The summed E-state index contributed by atoms with van der Waals surface area (Å²) in [7, 11) is 0. The molecule has 0 bridgehead atoms.